The van der Waals surface area contributed by atoms with E-state index in [1.807, 2.05) is 0 Å². The molecule has 15 rings (SSSR count). The van der Waals surface area contributed by atoms with Gasteiger partial charge in [0.25, 0.3) is 0 Å². The second-order valence-electron chi connectivity index (χ2n) is 26.5. The molecule has 88 heavy (non-hydrogen) atoms. The first-order chi connectivity index (χ1) is 42.5. The van der Waals surface area contributed by atoms with E-state index in [-0.39, 0.29) is 21.7 Å². The Morgan fingerprint density at radius 3 is 0.795 bits per heavy atom. The fourth-order valence-electron chi connectivity index (χ4n) is 15.1. The van der Waals surface area contributed by atoms with Gasteiger partial charge in [0.1, 0.15) is 11.5 Å². The molecule has 11 aromatic carbocycles. The van der Waals surface area contributed by atoms with Crippen LogP contribution in [0.2, 0.25) is 0 Å². The summed E-state index contributed by atoms with van der Waals surface area (Å²) in [7, 11) is 3.45. The Balaban J connectivity index is 0.660. The van der Waals surface area contributed by atoms with Crippen LogP contribution in [0.3, 0.4) is 0 Å². The molecular weight excluding hydrogens is 1070 g/mol. The normalized spacial score (nSPS) is 15.2. The Labute approximate surface area is 519 Å². The van der Waals surface area contributed by atoms with Gasteiger partial charge in [-0.15, -0.1) is 0 Å². The highest BCUT2D eigenvalue weighted by atomic mass is 16.5. The van der Waals surface area contributed by atoms with Gasteiger partial charge in [0, 0.05) is 55.8 Å². The van der Waals surface area contributed by atoms with Crippen molar-refractivity contribution in [2.75, 3.05) is 24.0 Å². The maximum Gasteiger partial charge on any atom is 0.119 e. The molecule has 0 fully saturated rings. The molecule has 4 nitrogen and oxygen atoms in total. The lowest BCUT2D eigenvalue weighted by molar-refractivity contribution is 0.414. The number of fused-ring (bicyclic) bond motifs is 12. The number of ether oxygens (including phenoxy) is 2. The predicted molar refractivity (Wildman–Crippen MR) is 370 cm³/mol. The van der Waals surface area contributed by atoms with Crippen molar-refractivity contribution in [3.63, 3.8) is 0 Å². The van der Waals surface area contributed by atoms with Crippen LogP contribution in [0.25, 0.3) is 68.8 Å². The van der Waals surface area contributed by atoms with E-state index in [2.05, 4.69) is 320 Å². The molecule has 0 aromatic heterocycles. The number of benzene rings is 11. The van der Waals surface area contributed by atoms with Gasteiger partial charge in [0.15, 0.2) is 0 Å². The Bertz CT molecular complexity index is 4390. The van der Waals surface area contributed by atoms with Gasteiger partial charge in [0.05, 0.1) is 14.2 Å². The van der Waals surface area contributed by atoms with E-state index in [4.69, 9.17) is 9.47 Å². The van der Waals surface area contributed by atoms with Crippen molar-refractivity contribution < 1.29 is 9.47 Å². The van der Waals surface area contributed by atoms with E-state index in [0.717, 1.165) is 56.8 Å². The summed E-state index contributed by atoms with van der Waals surface area (Å²) in [6, 6.07) is 85.6. The maximum atomic E-state index is 5.62. The van der Waals surface area contributed by atoms with E-state index in [1.165, 1.54) is 100 Å². The quantitative estimate of drug-likeness (QED) is 0.114. The SMILES string of the molecule is COc1ccc(N(c2ccc3c(c2)C(C)(C)c2ccccc2-3)c2ccc3c(c2)C(C)(C)c2cc(/C=C/c4ccc(/C=C/c5ccc6c(c5)C(C)(C)c5cc(N(c7ccc(OC)cc7)c7ccc8c(c7)C(C)(C)c7ccccc7-8)ccc5-6)cc4)ccc2-3)cc1. The van der Waals surface area contributed by atoms with Crippen molar-refractivity contribution in [3.8, 4) is 56.0 Å². The minimum atomic E-state index is -0.219. The molecule has 0 radical (unpaired) electrons. The molecule has 0 atom stereocenters. The summed E-state index contributed by atoms with van der Waals surface area (Å²) in [5.41, 5.74) is 32.0. The van der Waals surface area contributed by atoms with Gasteiger partial charge in [-0.1, -0.05) is 213 Å². The van der Waals surface area contributed by atoms with Crippen LogP contribution in [0.1, 0.15) is 122 Å². The van der Waals surface area contributed by atoms with Crippen molar-refractivity contribution in [1.29, 1.82) is 0 Å². The Hall–Kier alpha value is -9.90. The van der Waals surface area contributed by atoms with E-state index < -0.39 is 0 Å². The molecule has 0 spiro atoms. The van der Waals surface area contributed by atoms with Gasteiger partial charge in [-0.25, -0.2) is 0 Å². The Morgan fingerprint density at radius 2 is 0.477 bits per heavy atom. The van der Waals surface area contributed by atoms with Gasteiger partial charge in [-0.3, -0.25) is 0 Å². The number of methoxy groups -OCH3 is 2. The third-order valence-corrected chi connectivity index (χ3v) is 20.1. The van der Waals surface area contributed by atoms with Crippen molar-refractivity contribution in [2.24, 2.45) is 0 Å². The first-order valence-corrected chi connectivity index (χ1v) is 30.9. The lowest BCUT2D eigenvalue weighted by atomic mass is 9.81. The van der Waals surface area contributed by atoms with Crippen LogP contribution < -0.4 is 19.3 Å². The first-order valence-electron chi connectivity index (χ1n) is 30.9. The zero-order valence-electron chi connectivity index (χ0n) is 52.0. The van der Waals surface area contributed by atoms with E-state index >= 15 is 0 Å². The molecule has 11 aromatic rings. The lowest BCUT2D eigenvalue weighted by Gasteiger charge is -2.29. The zero-order chi connectivity index (χ0) is 60.4. The molecule has 4 heteroatoms. The summed E-state index contributed by atoms with van der Waals surface area (Å²) in [6.07, 6.45) is 8.98. The van der Waals surface area contributed by atoms with Crippen molar-refractivity contribution >= 4 is 58.4 Å². The first kappa shape index (κ1) is 54.7. The van der Waals surface area contributed by atoms with Gasteiger partial charge < -0.3 is 19.3 Å². The third-order valence-electron chi connectivity index (χ3n) is 20.1. The molecule has 0 N–H and O–H groups in total. The fraction of sp³-hybridized carbons (Fsp3) is 0.167. The lowest BCUT2D eigenvalue weighted by Crippen LogP contribution is -2.18. The van der Waals surface area contributed by atoms with Crippen LogP contribution in [0.15, 0.2) is 231 Å². The molecule has 0 bridgehead atoms. The smallest absolute Gasteiger partial charge is 0.119 e. The highest BCUT2D eigenvalue weighted by Crippen LogP contribution is 2.56. The minimum Gasteiger partial charge on any atom is -0.497 e. The molecular formula is C84H72N2O2. The number of rotatable bonds is 12. The molecule has 0 saturated carbocycles. The largest absolute Gasteiger partial charge is 0.497 e. The second kappa shape index (κ2) is 20.4. The molecule has 4 aliphatic rings. The average molecular weight is 1140 g/mol. The summed E-state index contributed by atoms with van der Waals surface area (Å²) >= 11 is 0. The van der Waals surface area contributed by atoms with Crippen LogP contribution in [0.4, 0.5) is 34.1 Å². The van der Waals surface area contributed by atoms with Gasteiger partial charge in [-0.2, -0.15) is 0 Å². The van der Waals surface area contributed by atoms with Crippen LogP contribution in [0, 0.1) is 0 Å². The highest BCUT2D eigenvalue weighted by molar-refractivity contribution is 5.92. The molecule has 0 heterocycles. The minimum absolute atomic E-state index is 0.115. The van der Waals surface area contributed by atoms with Crippen LogP contribution >= 0.6 is 0 Å². The zero-order valence-corrected chi connectivity index (χ0v) is 52.0. The number of nitrogens with zero attached hydrogens (tertiary/aromatic N) is 2. The molecule has 4 aliphatic carbocycles. The van der Waals surface area contributed by atoms with Crippen LogP contribution in [-0.2, 0) is 21.7 Å². The van der Waals surface area contributed by atoms with E-state index in [9.17, 15) is 0 Å². The Morgan fingerprint density at radius 1 is 0.239 bits per heavy atom. The monoisotopic (exact) mass is 1140 g/mol. The van der Waals surface area contributed by atoms with Crippen molar-refractivity contribution in [1.82, 2.24) is 0 Å². The topological polar surface area (TPSA) is 24.9 Å². The van der Waals surface area contributed by atoms with Gasteiger partial charge >= 0.3 is 0 Å². The molecule has 0 aliphatic heterocycles. The summed E-state index contributed by atoms with van der Waals surface area (Å²) < 4.78 is 11.2. The summed E-state index contributed by atoms with van der Waals surface area (Å²) in [4.78, 5) is 4.81. The molecule has 0 amide bonds. The summed E-state index contributed by atoms with van der Waals surface area (Å²) in [6.45, 7) is 18.9. The number of hydrogen-bond donors (Lipinski definition) is 0. The second-order valence-corrected chi connectivity index (χ2v) is 26.5. The Kier molecular flexibility index (Phi) is 12.7. The van der Waals surface area contributed by atoms with Gasteiger partial charge in [-0.05, 0) is 208 Å². The third kappa shape index (κ3) is 8.70. The molecule has 430 valence electrons. The van der Waals surface area contributed by atoms with E-state index in [1.54, 1.807) is 14.2 Å². The van der Waals surface area contributed by atoms with Crippen molar-refractivity contribution in [2.45, 2.75) is 77.0 Å². The van der Waals surface area contributed by atoms with Crippen LogP contribution in [0.5, 0.6) is 11.5 Å². The fourth-order valence-corrected chi connectivity index (χ4v) is 15.1. The standard InChI is InChI=1S/C84H72N2O2/c1-81(2)73-17-13-11-15-65(73)69-43-33-59(49-77(69)81)85(57-29-37-63(87-9)38-30-57)61-35-45-71-67-41-27-55(47-75(67)83(5,6)79(71)51-61)25-23-53-19-21-54(22-20-53)24-26-56-28-42-68-72-46-36-62(52-80(72)84(7,8)76(68)48-56)86(58-31-39-64(88-10)40-32-58)60-34-44-70-66-16-12-14-18-74(66)82(3,4)78(70)50-60/h11-52H,1-10H3/b25-23+,26-24+. The average Bonchev–Trinajstić information content (AvgIpc) is 1.70. The van der Waals surface area contributed by atoms with E-state index in [0.29, 0.717) is 0 Å². The summed E-state index contributed by atoms with van der Waals surface area (Å²) in [5, 5.41) is 0. The molecule has 0 unspecified atom stereocenters. The number of anilines is 6. The van der Waals surface area contributed by atoms with Gasteiger partial charge in [0.2, 0.25) is 0 Å². The highest BCUT2D eigenvalue weighted by Gasteiger charge is 2.40. The predicted octanol–water partition coefficient (Wildman–Crippen LogP) is 22.2. The molecule has 0 saturated heterocycles. The number of hydrogen-bond acceptors (Lipinski definition) is 4. The maximum absolute atomic E-state index is 5.62. The van der Waals surface area contributed by atoms with Crippen molar-refractivity contribution in [3.05, 3.63) is 297 Å². The van der Waals surface area contributed by atoms with Crippen LogP contribution in [-0.4, -0.2) is 14.2 Å². The summed E-state index contributed by atoms with van der Waals surface area (Å²) in [5.74, 6) is 1.68.